The van der Waals surface area contributed by atoms with Crippen molar-refractivity contribution in [2.75, 3.05) is 9.80 Å². The fourth-order valence-electron chi connectivity index (χ4n) is 9.41. The van der Waals surface area contributed by atoms with Crippen LogP contribution in [0, 0.1) is 0 Å². The maximum atomic E-state index is 6.69. The second-order valence-corrected chi connectivity index (χ2v) is 15.7. The molecule has 1 aliphatic rings. The highest BCUT2D eigenvalue weighted by Crippen LogP contribution is 2.57. The van der Waals surface area contributed by atoms with Crippen molar-refractivity contribution in [3.63, 3.8) is 0 Å². The summed E-state index contributed by atoms with van der Waals surface area (Å²) in [5.41, 5.74) is 15.4. The Morgan fingerprint density at radius 1 is 0.448 bits per heavy atom. The van der Waals surface area contributed by atoms with E-state index in [9.17, 15) is 0 Å². The number of benzene rings is 9. The molecule has 0 saturated heterocycles. The zero-order valence-electron chi connectivity index (χ0n) is 32.4. The Kier molecular flexibility index (Phi) is 7.84. The van der Waals surface area contributed by atoms with Crippen molar-refractivity contribution >= 4 is 66.8 Å². The fraction of sp³-hybridized carbons (Fsp3) is 0.0545. The van der Waals surface area contributed by atoms with E-state index >= 15 is 0 Å². The summed E-state index contributed by atoms with van der Waals surface area (Å²) in [6.07, 6.45) is 0. The van der Waals surface area contributed by atoms with Crippen molar-refractivity contribution in [2.24, 2.45) is 0 Å². The lowest BCUT2D eigenvalue weighted by Crippen LogP contribution is -2.31. The third-order valence-electron chi connectivity index (χ3n) is 12.0. The normalized spacial score (nSPS) is 13.1. The summed E-state index contributed by atoms with van der Waals surface area (Å²) in [6.45, 7) is 4.75. The van der Waals surface area contributed by atoms with Gasteiger partial charge in [-0.3, -0.25) is 0 Å². The molecule has 0 saturated carbocycles. The number of hydrogen-bond acceptors (Lipinski definition) is 3. The molecular weight excluding hydrogens is 705 g/mol. The smallest absolute Gasteiger partial charge is 0.143 e. The first-order valence-electron chi connectivity index (χ1n) is 20.0. The first-order chi connectivity index (χ1) is 28.6. The molecule has 0 unspecified atom stereocenters. The summed E-state index contributed by atoms with van der Waals surface area (Å²) in [5, 5.41) is 4.65. The molecule has 58 heavy (non-hydrogen) atoms. The molecular formula is C55H40N2O. The Morgan fingerprint density at radius 2 is 1.05 bits per heavy atom. The first-order valence-corrected chi connectivity index (χ1v) is 20.0. The van der Waals surface area contributed by atoms with E-state index in [2.05, 4.69) is 224 Å². The number of rotatable bonds is 6. The van der Waals surface area contributed by atoms with Crippen LogP contribution >= 0.6 is 0 Å². The van der Waals surface area contributed by atoms with Crippen molar-refractivity contribution < 1.29 is 4.42 Å². The van der Waals surface area contributed by atoms with E-state index in [1.807, 2.05) is 6.07 Å². The maximum absolute atomic E-state index is 6.69. The van der Waals surface area contributed by atoms with Gasteiger partial charge in [-0.25, -0.2) is 0 Å². The highest BCUT2D eigenvalue weighted by Gasteiger charge is 2.40. The quantitative estimate of drug-likeness (QED) is 0.169. The molecule has 0 bridgehead atoms. The SMILES string of the molecule is CC1(C)c2ccccc2N(c2c(-c3cccc(N(c4ccccc4)c4ccccc4)c3)ccc3ccccc23)c2cccc(-c3cccc4c3oc3ccccc34)c21. The van der Waals surface area contributed by atoms with Crippen molar-refractivity contribution in [3.05, 3.63) is 217 Å². The summed E-state index contributed by atoms with van der Waals surface area (Å²) in [7, 11) is 0. The molecule has 1 aliphatic heterocycles. The zero-order chi connectivity index (χ0) is 38.8. The van der Waals surface area contributed by atoms with Crippen LogP contribution in [0.5, 0.6) is 0 Å². The maximum Gasteiger partial charge on any atom is 0.143 e. The molecule has 0 spiro atoms. The van der Waals surface area contributed by atoms with Gasteiger partial charge in [-0.2, -0.15) is 0 Å². The van der Waals surface area contributed by atoms with Crippen molar-refractivity contribution in [2.45, 2.75) is 19.3 Å². The number of hydrogen-bond donors (Lipinski definition) is 0. The van der Waals surface area contributed by atoms with E-state index in [0.717, 1.165) is 61.4 Å². The highest BCUT2D eigenvalue weighted by atomic mass is 16.3. The van der Waals surface area contributed by atoms with Crippen LogP contribution in [0.4, 0.5) is 34.1 Å². The lowest BCUT2D eigenvalue weighted by molar-refractivity contribution is 0.633. The summed E-state index contributed by atoms with van der Waals surface area (Å²) >= 11 is 0. The van der Waals surface area contributed by atoms with E-state index in [4.69, 9.17) is 4.42 Å². The van der Waals surface area contributed by atoms with Crippen LogP contribution in [0.25, 0.3) is 55.0 Å². The van der Waals surface area contributed by atoms with Crippen LogP contribution in [0.3, 0.4) is 0 Å². The Bertz CT molecular complexity index is 3120. The van der Waals surface area contributed by atoms with Gasteiger partial charge in [0.25, 0.3) is 0 Å². The van der Waals surface area contributed by atoms with Gasteiger partial charge in [-0.15, -0.1) is 0 Å². The number of para-hydroxylation sites is 5. The molecule has 3 nitrogen and oxygen atoms in total. The van der Waals surface area contributed by atoms with E-state index in [0.29, 0.717) is 0 Å². The van der Waals surface area contributed by atoms with Gasteiger partial charge in [0.2, 0.25) is 0 Å². The minimum absolute atomic E-state index is 0.330. The largest absolute Gasteiger partial charge is 0.455 e. The second-order valence-electron chi connectivity index (χ2n) is 15.7. The Morgan fingerprint density at radius 3 is 1.86 bits per heavy atom. The van der Waals surface area contributed by atoms with Crippen LogP contribution in [-0.2, 0) is 5.41 Å². The summed E-state index contributed by atoms with van der Waals surface area (Å²) in [4.78, 5) is 4.87. The van der Waals surface area contributed by atoms with Crippen molar-refractivity contribution in [1.29, 1.82) is 0 Å². The third-order valence-corrected chi connectivity index (χ3v) is 12.0. The van der Waals surface area contributed by atoms with Gasteiger partial charge in [0.1, 0.15) is 11.2 Å². The average molecular weight is 745 g/mol. The molecule has 1 aromatic heterocycles. The standard InChI is InChI=1S/C55H40N2O/c1-55(2)48-30-12-13-31-49(48)57(50-32-17-27-45(52(50)55)47-29-16-28-46-44-26-11-14-33-51(44)58-54(46)47)53-42-25-10-9-18-37(42)34-35-43(53)38-19-15-24-41(36-38)56(39-20-5-3-6-21-39)40-22-7-4-8-23-40/h3-36H,1-2H3. The van der Waals surface area contributed by atoms with E-state index in [-0.39, 0.29) is 5.41 Å². The topological polar surface area (TPSA) is 19.6 Å². The molecule has 11 rings (SSSR count). The van der Waals surface area contributed by atoms with Crippen LogP contribution in [0.15, 0.2) is 211 Å². The zero-order valence-corrected chi connectivity index (χ0v) is 32.4. The molecule has 2 heterocycles. The molecule has 0 radical (unpaired) electrons. The number of furan rings is 1. The van der Waals surface area contributed by atoms with Crippen LogP contribution in [0.1, 0.15) is 25.0 Å². The molecule has 0 N–H and O–H groups in total. The Hall–Kier alpha value is -7.36. The molecule has 276 valence electrons. The summed E-state index contributed by atoms with van der Waals surface area (Å²) < 4.78 is 6.69. The van der Waals surface area contributed by atoms with Gasteiger partial charge in [-0.1, -0.05) is 166 Å². The van der Waals surface area contributed by atoms with Crippen LogP contribution < -0.4 is 9.80 Å². The molecule has 0 atom stereocenters. The van der Waals surface area contributed by atoms with E-state index in [1.165, 1.54) is 38.8 Å². The van der Waals surface area contributed by atoms with Gasteiger partial charge < -0.3 is 14.2 Å². The molecule has 0 aliphatic carbocycles. The monoisotopic (exact) mass is 744 g/mol. The van der Waals surface area contributed by atoms with Gasteiger partial charge in [0.05, 0.1) is 17.1 Å². The van der Waals surface area contributed by atoms with Crippen molar-refractivity contribution in [3.8, 4) is 22.3 Å². The Labute approximate surface area is 338 Å². The van der Waals surface area contributed by atoms with E-state index < -0.39 is 0 Å². The molecule has 10 aromatic rings. The minimum atomic E-state index is -0.330. The number of anilines is 6. The van der Waals surface area contributed by atoms with Gasteiger partial charge in [0, 0.05) is 49.8 Å². The fourth-order valence-corrected chi connectivity index (χ4v) is 9.41. The summed E-state index contributed by atoms with van der Waals surface area (Å²) in [5.74, 6) is 0. The minimum Gasteiger partial charge on any atom is -0.455 e. The predicted octanol–water partition coefficient (Wildman–Crippen LogP) is 15.7. The molecule has 3 heteroatoms. The lowest BCUT2D eigenvalue weighted by atomic mass is 9.70. The van der Waals surface area contributed by atoms with Gasteiger partial charge in [-0.05, 0) is 82.2 Å². The average Bonchev–Trinajstić information content (AvgIpc) is 3.66. The first kappa shape index (κ1) is 33.9. The Balaban J connectivity index is 1.18. The van der Waals surface area contributed by atoms with Gasteiger partial charge >= 0.3 is 0 Å². The highest BCUT2D eigenvalue weighted by molar-refractivity contribution is 6.12. The molecule has 9 aromatic carbocycles. The van der Waals surface area contributed by atoms with Crippen LogP contribution in [0.2, 0.25) is 0 Å². The number of fused-ring (bicyclic) bond motifs is 6. The van der Waals surface area contributed by atoms with Crippen molar-refractivity contribution in [1.82, 2.24) is 0 Å². The van der Waals surface area contributed by atoms with Gasteiger partial charge in [0.15, 0.2) is 0 Å². The van der Waals surface area contributed by atoms with Crippen LogP contribution in [-0.4, -0.2) is 0 Å². The second kappa shape index (κ2) is 13.4. The summed E-state index contributed by atoms with van der Waals surface area (Å²) in [6, 6.07) is 74.3. The van der Waals surface area contributed by atoms with E-state index in [1.54, 1.807) is 0 Å². The number of nitrogens with zero attached hydrogens (tertiary/aromatic N) is 2. The molecule has 0 amide bonds. The lowest BCUT2D eigenvalue weighted by Gasteiger charge is -2.44. The molecule has 0 fully saturated rings. The third kappa shape index (κ3) is 5.28. The predicted molar refractivity (Wildman–Crippen MR) is 244 cm³/mol.